The molecular weight excluding hydrogens is 286 g/mol. The molecule has 0 spiro atoms. The average molecular weight is 314 g/mol. The van der Waals surface area contributed by atoms with Gasteiger partial charge in [-0.3, -0.25) is 0 Å². The second-order valence-corrected chi connectivity index (χ2v) is 5.67. The molecule has 0 saturated carbocycles. The Balaban J connectivity index is 2.46. The van der Waals surface area contributed by atoms with E-state index in [1.165, 1.54) is 32.1 Å². The molecule has 3 nitrogen and oxygen atoms in total. The van der Waals surface area contributed by atoms with Crippen LogP contribution in [0.1, 0.15) is 51.0 Å². The number of benzene rings is 1. The molecule has 1 aromatic rings. The fourth-order valence-electron chi connectivity index (χ4n) is 2.28. The predicted octanol–water partition coefficient (Wildman–Crippen LogP) is 4.59. The Kier molecular flexibility index (Phi) is 9.27. The van der Waals surface area contributed by atoms with Crippen LogP contribution in [-0.2, 0) is 6.42 Å². The van der Waals surface area contributed by atoms with Crippen LogP contribution in [0.15, 0.2) is 12.1 Å². The van der Waals surface area contributed by atoms with Crippen LogP contribution in [0, 0.1) is 0 Å². The molecule has 1 aromatic carbocycles. The molecule has 0 aromatic heterocycles. The Morgan fingerprint density at radius 2 is 1.81 bits per heavy atom. The van der Waals surface area contributed by atoms with E-state index in [0.717, 1.165) is 18.4 Å². The molecule has 2 N–H and O–H groups in total. The van der Waals surface area contributed by atoms with Crippen LogP contribution < -0.4 is 15.2 Å². The minimum absolute atomic E-state index is 0.595. The van der Waals surface area contributed by atoms with Crippen LogP contribution in [0.2, 0.25) is 5.02 Å². The lowest BCUT2D eigenvalue weighted by molar-refractivity contribution is 0.284. The van der Waals surface area contributed by atoms with Gasteiger partial charge in [-0.2, -0.15) is 0 Å². The molecule has 0 saturated heterocycles. The normalized spacial score (nSPS) is 10.7. The van der Waals surface area contributed by atoms with Crippen molar-refractivity contribution in [3.8, 4) is 11.5 Å². The number of hydrogen-bond donors (Lipinski definition) is 1. The summed E-state index contributed by atoms with van der Waals surface area (Å²) in [6.45, 7) is 3.50. The quantitative estimate of drug-likeness (QED) is 0.608. The maximum atomic E-state index is 6.28. The molecule has 0 amide bonds. The Labute approximate surface area is 133 Å². The summed E-state index contributed by atoms with van der Waals surface area (Å²) in [5.74, 6) is 1.34. The van der Waals surface area contributed by atoms with E-state index in [4.69, 9.17) is 26.8 Å². The number of rotatable bonds is 11. The third-order valence-corrected chi connectivity index (χ3v) is 3.75. The third kappa shape index (κ3) is 6.58. The number of nitrogens with two attached hydrogens (primary N) is 1. The van der Waals surface area contributed by atoms with Gasteiger partial charge in [0.15, 0.2) is 11.5 Å². The maximum absolute atomic E-state index is 6.28. The molecule has 0 aliphatic heterocycles. The van der Waals surface area contributed by atoms with Crippen molar-refractivity contribution in [2.75, 3.05) is 20.3 Å². The van der Waals surface area contributed by atoms with Crippen molar-refractivity contribution in [1.29, 1.82) is 0 Å². The van der Waals surface area contributed by atoms with Crippen LogP contribution in [0.3, 0.4) is 0 Å². The molecular formula is C17H28ClNO2. The van der Waals surface area contributed by atoms with Crippen molar-refractivity contribution in [1.82, 2.24) is 0 Å². The standard InChI is InChI=1S/C17H28ClNO2/c1-3-4-5-6-7-8-11-21-17-15(18)12-14(9-10-19)13-16(17)20-2/h12-13H,3-11,19H2,1-2H3. The monoisotopic (exact) mass is 313 g/mol. The number of hydrogen-bond acceptors (Lipinski definition) is 3. The highest BCUT2D eigenvalue weighted by Crippen LogP contribution is 2.36. The van der Waals surface area contributed by atoms with Gasteiger partial charge in [0, 0.05) is 0 Å². The zero-order valence-corrected chi connectivity index (χ0v) is 14.0. The topological polar surface area (TPSA) is 44.5 Å². The van der Waals surface area contributed by atoms with Crippen molar-refractivity contribution in [2.45, 2.75) is 51.9 Å². The van der Waals surface area contributed by atoms with Crippen LogP contribution in [0.5, 0.6) is 11.5 Å². The molecule has 0 aliphatic carbocycles. The summed E-state index contributed by atoms with van der Waals surface area (Å²) in [7, 11) is 1.63. The van der Waals surface area contributed by atoms with E-state index >= 15 is 0 Å². The first-order valence-corrected chi connectivity index (χ1v) is 8.30. The van der Waals surface area contributed by atoms with E-state index < -0.39 is 0 Å². The van der Waals surface area contributed by atoms with Crippen LogP contribution in [0.25, 0.3) is 0 Å². The molecule has 0 heterocycles. The summed E-state index contributed by atoms with van der Waals surface area (Å²) in [5.41, 5.74) is 6.65. The molecule has 1 rings (SSSR count). The van der Waals surface area contributed by atoms with Crippen LogP contribution in [0.4, 0.5) is 0 Å². The fourth-order valence-corrected chi connectivity index (χ4v) is 2.57. The summed E-state index contributed by atoms with van der Waals surface area (Å²) in [6.07, 6.45) is 8.22. The number of ether oxygens (including phenoxy) is 2. The van der Waals surface area contributed by atoms with Gasteiger partial charge in [-0.05, 0) is 37.1 Å². The average Bonchev–Trinajstić information content (AvgIpc) is 2.48. The molecule has 120 valence electrons. The van der Waals surface area contributed by atoms with Gasteiger partial charge in [-0.25, -0.2) is 0 Å². The lowest BCUT2D eigenvalue weighted by atomic mass is 10.1. The first kappa shape index (κ1) is 18.1. The van der Waals surface area contributed by atoms with E-state index in [1.807, 2.05) is 12.1 Å². The summed E-state index contributed by atoms with van der Waals surface area (Å²) in [4.78, 5) is 0. The van der Waals surface area contributed by atoms with E-state index in [1.54, 1.807) is 7.11 Å². The lowest BCUT2D eigenvalue weighted by Crippen LogP contribution is -2.04. The van der Waals surface area contributed by atoms with Crippen molar-refractivity contribution < 1.29 is 9.47 Å². The second kappa shape index (κ2) is 10.7. The highest BCUT2D eigenvalue weighted by atomic mass is 35.5. The SMILES string of the molecule is CCCCCCCCOc1c(Cl)cc(CCN)cc1OC. The van der Waals surface area contributed by atoms with Gasteiger partial charge < -0.3 is 15.2 Å². The van der Waals surface area contributed by atoms with Gasteiger partial charge >= 0.3 is 0 Å². The number of methoxy groups -OCH3 is 1. The van der Waals surface area contributed by atoms with Crippen molar-refractivity contribution >= 4 is 11.6 Å². The van der Waals surface area contributed by atoms with Crippen LogP contribution in [-0.4, -0.2) is 20.3 Å². The first-order chi connectivity index (χ1) is 10.2. The molecule has 0 aliphatic rings. The van der Waals surface area contributed by atoms with E-state index in [-0.39, 0.29) is 0 Å². The second-order valence-electron chi connectivity index (χ2n) is 5.26. The summed E-state index contributed by atoms with van der Waals surface area (Å²) in [5, 5.41) is 0.601. The van der Waals surface area contributed by atoms with E-state index in [9.17, 15) is 0 Å². The molecule has 0 atom stereocenters. The fraction of sp³-hybridized carbons (Fsp3) is 0.647. The van der Waals surface area contributed by atoms with Gasteiger partial charge in [-0.1, -0.05) is 50.6 Å². The van der Waals surface area contributed by atoms with E-state index in [2.05, 4.69) is 6.92 Å². The number of halogens is 1. The highest BCUT2D eigenvalue weighted by molar-refractivity contribution is 6.32. The van der Waals surface area contributed by atoms with E-state index in [0.29, 0.717) is 29.7 Å². The van der Waals surface area contributed by atoms with Gasteiger partial charge in [0.1, 0.15) is 0 Å². The maximum Gasteiger partial charge on any atom is 0.179 e. The Hall–Kier alpha value is -0.930. The van der Waals surface area contributed by atoms with Crippen molar-refractivity contribution in [2.24, 2.45) is 5.73 Å². The Morgan fingerprint density at radius 3 is 2.48 bits per heavy atom. The zero-order valence-electron chi connectivity index (χ0n) is 13.3. The van der Waals surface area contributed by atoms with Crippen molar-refractivity contribution in [3.05, 3.63) is 22.7 Å². The zero-order chi connectivity index (χ0) is 15.5. The summed E-state index contributed by atoms with van der Waals surface area (Å²) < 4.78 is 11.2. The lowest BCUT2D eigenvalue weighted by Gasteiger charge is -2.14. The third-order valence-electron chi connectivity index (χ3n) is 3.47. The largest absolute Gasteiger partial charge is 0.493 e. The Bertz CT molecular complexity index is 410. The molecule has 0 bridgehead atoms. The summed E-state index contributed by atoms with van der Waals surface area (Å²) >= 11 is 6.28. The molecule has 21 heavy (non-hydrogen) atoms. The Morgan fingerprint density at radius 1 is 1.10 bits per heavy atom. The molecule has 0 fully saturated rings. The van der Waals surface area contributed by atoms with Gasteiger partial charge in [0.2, 0.25) is 0 Å². The first-order valence-electron chi connectivity index (χ1n) is 7.92. The molecule has 4 heteroatoms. The minimum Gasteiger partial charge on any atom is -0.493 e. The summed E-state index contributed by atoms with van der Waals surface area (Å²) in [6, 6.07) is 3.86. The molecule has 0 radical (unpaired) electrons. The van der Waals surface area contributed by atoms with Gasteiger partial charge in [-0.15, -0.1) is 0 Å². The smallest absolute Gasteiger partial charge is 0.179 e. The highest BCUT2D eigenvalue weighted by Gasteiger charge is 2.11. The van der Waals surface area contributed by atoms with Crippen molar-refractivity contribution in [3.63, 3.8) is 0 Å². The van der Waals surface area contributed by atoms with Crippen LogP contribution >= 0.6 is 11.6 Å². The predicted molar refractivity (Wildman–Crippen MR) is 89.6 cm³/mol. The minimum atomic E-state index is 0.595. The number of unbranched alkanes of at least 4 members (excludes halogenated alkanes) is 5. The molecule has 0 unspecified atom stereocenters. The van der Waals surface area contributed by atoms with Gasteiger partial charge in [0.25, 0.3) is 0 Å². The van der Waals surface area contributed by atoms with Gasteiger partial charge in [0.05, 0.1) is 18.7 Å².